The van der Waals surface area contributed by atoms with Gasteiger partial charge < -0.3 is 4.42 Å². The number of hydrogen-bond donors (Lipinski definition) is 0. The van der Waals surface area contributed by atoms with Crippen molar-refractivity contribution in [2.24, 2.45) is 0 Å². The molecule has 0 bridgehead atoms. The molecule has 4 rings (SSSR count). The van der Waals surface area contributed by atoms with Gasteiger partial charge in [0.05, 0.1) is 21.9 Å². The number of nitro groups is 1. The number of amides is 2. The van der Waals surface area contributed by atoms with Crippen molar-refractivity contribution in [2.45, 2.75) is 20.4 Å². The van der Waals surface area contributed by atoms with Gasteiger partial charge in [-0.25, -0.2) is 0 Å². The summed E-state index contributed by atoms with van der Waals surface area (Å²) in [4.78, 5) is 37.4. The highest BCUT2D eigenvalue weighted by molar-refractivity contribution is 8.18. The van der Waals surface area contributed by atoms with Gasteiger partial charge in [-0.2, -0.15) is 0 Å². The molecule has 0 spiro atoms. The molecule has 1 fully saturated rings. The summed E-state index contributed by atoms with van der Waals surface area (Å²) in [6.45, 7) is 3.94. The minimum absolute atomic E-state index is 0.0562. The van der Waals surface area contributed by atoms with Crippen LogP contribution in [0.5, 0.6) is 0 Å². The molecule has 1 saturated heterocycles. The van der Waals surface area contributed by atoms with E-state index in [1.165, 1.54) is 17.0 Å². The molecule has 3 aromatic rings. The van der Waals surface area contributed by atoms with E-state index in [1.807, 2.05) is 31.2 Å². The van der Waals surface area contributed by atoms with E-state index >= 15 is 0 Å². The second kappa shape index (κ2) is 8.23. The van der Waals surface area contributed by atoms with Gasteiger partial charge in [0.2, 0.25) is 0 Å². The van der Waals surface area contributed by atoms with Crippen molar-refractivity contribution in [1.29, 1.82) is 0 Å². The molecule has 7 nitrogen and oxygen atoms in total. The Morgan fingerprint density at radius 2 is 1.74 bits per heavy atom. The van der Waals surface area contributed by atoms with E-state index in [2.05, 4.69) is 0 Å². The second-order valence-electron chi connectivity index (χ2n) is 7.23. The molecule has 1 aromatic heterocycles. The highest BCUT2D eigenvalue weighted by Gasteiger charge is 2.35. The number of hydrogen-bond acceptors (Lipinski definition) is 6. The van der Waals surface area contributed by atoms with E-state index < -0.39 is 10.8 Å². The van der Waals surface area contributed by atoms with Crippen LogP contribution >= 0.6 is 11.8 Å². The van der Waals surface area contributed by atoms with Crippen LogP contribution in [0.3, 0.4) is 0 Å². The third-order valence-electron chi connectivity index (χ3n) is 4.85. The summed E-state index contributed by atoms with van der Waals surface area (Å²) in [6.07, 6.45) is 1.49. The molecule has 1 aliphatic rings. The van der Waals surface area contributed by atoms with E-state index in [-0.39, 0.29) is 22.4 Å². The fourth-order valence-electron chi connectivity index (χ4n) is 3.22. The molecule has 0 radical (unpaired) electrons. The average molecular weight is 434 g/mol. The van der Waals surface area contributed by atoms with Crippen LogP contribution in [0.1, 0.15) is 22.5 Å². The standard InChI is InChI=1S/C23H18N2O5S/c1-14-3-6-16(7-4-14)13-24-22(26)21(31-23(24)27)12-17-8-10-20(30-17)18-9-5-15(2)11-19(18)25(28)29/h3-12H,13H2,1-2H3/b21-12-. The van der Waals surface area contributed by atoms with Crippen molar-refractivity contribution in [2.75, 3.05) is 0 Å². The third-order valence-corrected chi connectivity index (χ3v) is 5.76. The first-order valence-electron chi connectivity index (χ1n) is 9.48. The van der Waals surface area contributed by atoms with E-state index in [0.29, 0.717) is 17.1 Å². The van der Waals surface area contributed by atoms with Crippen molar-refractivity contribution in [3.63, 3.8) is 0 Å². The number of carbonyl (C=O) groups excluding carboxylic acids is 2. The van der Waals surface area contributed by atoms with E-state index in [1.54, 1.807) is 31.2 Å². The molecule has 156 valence electrons. The Hall–Kier alpha value is -3.65. The van der Waals surface area contributed by atoms with Gasteiger partial charge in [-0.3, -0.25) is 24.6 Å². The smallest absolute Gasteiger partial charge is 0.293 e. The van der Waals surface area contributed by atoms with Crippen LogP contribution in [0.15, 0.2) is 63.9 Å². The molecular formula is C23H18N2O5S. The SMILES string of the molecule is Cc1ccc(CN2C(=O)S/C(=C\c3ccc(-c4ccc(C)cc4[N+](=O)[O-])o3)C2=O)cc1. The lowest BCUT2D eigenvalue weighted by Gasteiger charge is -2.12. The molecular weight excluding hydrogens is 416 g/mol. The fourth-order valence-corrected chi connectivity index (χ4v) is 4.04. The molecule has 0 N–H and O–H groups in total. The molecule has 2 aromatic carbocycles. The second-order valence-corrected chi connectivity index (χ2v) is 8.23. The molecule has 2 heterocycles. The van der Waals surface area contributed by atoms with Gasteiger partial charge in [-0.05, 0) is 54.9 Å². The van der Waals surface area contributed by atoms with Crippen LogP contribution in [-0.4, -0.2) is 21.0 Å². The lowest BCUT2D eigenvalue weighted by molar-refractivity contribution is -0.384. The topological polar surface area (TPSA) is 93.7 Å². The zero-order chi connectivity index (χ0) is 22.1. The molecule has 0 atom stereocenters. The zero-order valence-electron chi connectivity index (χ0n) is 16.8. The Morgan fingerprint density at radius 1 is 1.03 bits per heavy atom. The van der Waals surface area contributed by atoms with Crippen molar-refractivity contribution >= 4 is 34.7 Å². The Balaban J connectivity index is 1.57. The van der Waals surface area contributed by atoms with Gasteiger partial charge in [0, 0.05) is 12.1 Å². The number of nitro benzene ring substituents is 1. The first-order chi connectivity index (χ1) is 14.8. The maximum Gasteiger partial charge on any atom is 0.293 e. The molecule has 0 aliphatic carbocycles. The highest BCUT2D eigenvalue weighted by atomic mass is 32.2. The third kappa shape index (κ3) is 4.29. The van der Waals surface area contributed by atoms with Crippen LogP contribution < -0.4 is 0 Å². The number of imide groups is 1. The average Bonchev–Trinajstić information content (AvgIpc) is 3.29. The molecule has 31 heavy (non-hydrogen) atoms. The first kappa shape index (κ1) is 20.6. The van der Waals surface area contributed by atoms with Gasteiger partial charge in [0.1, 0.15) is 11.5 Å². The monoisotopic (exact) mass is 434 g/mol. The number of furan rings is 1. The predicted octanol–water partition coefficient (Wildman–Crippen LogP) is 5.71. The summed E-state index contributed by atoms with van der Waals surface area (Å²) < 4.78 is 5.74. The lowest BCUT2D eigenvalue weighted by Crippen LogP contribution is -2.27. The van der Waals surface area contributed by atoms with Crippen molar-refractivity contribution in [3.05, 3.63) is 92.1 Å². The summed E-state index contributed by atoms with van der Waals surface area (Å²) in [5.74, 6) is 0.261. The number of aryl methyl sites for hydroxylation is 2. The maximum absolute atomic E-state index is 12.7. The Morgan fingerprint density at radius 3 is 2.45 bits per heavy atom. The molecule has 1 aliphatic heterocycles. The summed E-state index contributed by atoms with van der Waals surface area (Å²) in [7, 11) is 0. The van der Waals surface area contributed by atoms with E-state index in [0.717, 1.165) is 28.5 Å². The quantitative estimate of drug-likeness (QED) is 0.290. The van der Waals surface area contributed by atoms with E-state index in [4.69, 9.17) is 4.42 Å². The van der Waals surface area contributed by atoms with Gasteiger partial charge in [0.25, 0.3) is 16.8 Å². The van der Waals surface area contributed by atoms with Gasteiger partial charge in [-0.1, -0.05) is 35.9 Å². The van der Waals surface area contributed by atoms with Gasteiger partial charge in [0.15, 0.2) is 0 Å². The summed E-state index contributed by atoms with van der Waals surface area (Å²) in [6, 6.07) is 15.7. The van der Waals surface area contributed by atoms with Crippen LogP contribution in [0, 0.1) is 24.0 Å². The minimum atomic E-state index is -0.457. The summed E-state index contributed by atoms with van der Waals surface area (Å²) >= 11 is 0.844. The van der Waals surface area contributed by atoms with Gasteiger partial charge >= 0.3 is 0 Å². The molecule has 0 unspecified atom stereocenters. The van der Waals surface area contributed by atoms with Crippen LogP contribution in [-0.2, 0) is 11.3 Å². The Bertz CT molecular complexity index is 1230. The Kier molecular flexibility index (Phi) is 5.48. The van der Waals surface area contributed by atoms with Crippen molar-refractivity contribution < 1.29 is 18.9 Å². The number of benzene rings is 2. The van der Waals surface area contributed by atoms with Gasteiger partial charge in [-0.15, -0.1) is 0 Å². The summed E-state index contributed by atoms with van der Waals surface area (Å²) in [5.41, 5.74) is 3.02. The molecule has 8 heteroatoms. The van der Waals surface area contributed by atoms with Crippen LogP contribution in [0.25, 0.3) is 17.4 Å². The van der Waals surface area contributed by atoms with Crippen LogP contribution in [0.4, 0.5) is 10.5 Å². The normalized spacial score (nSPS) is 15.2. The number of carbonyl (C=O) groups is 2. The van der Waals surface area contributed by atoms with Crippen LogP contribution in [0.2, 0.25) is 0 Å². The summed E-state index contributed by atoms with van der Waals surface area (Å²) in [5, 5.41) is 11.0. The fraction of sp³-hybridized carbons (Fsp3) is 0.130. The maximum atomic E-state index is 12.7. The largest absolute Gasteiger partial charge is 0.456 e. The number of nitrogens with zero attached hydrogens (tertiary/aromatic N) is 2. The molecule has 2 amide bonds. The minimum Gasteiger partial charge on any atom is -0.456 e. The lowest BCUT2D eigenvalue weighted by atomic mass is 10.1. The number of thioether (sulfide) groups is 1. The van der Waals surface area contributed by atoms with E-state index in [9.17, 15) is 19.7 Å². The molecule has 0 saturated carbocycles. The zero-order valence-corrected chi connectivity index (χ0v) is 17.6. The van der Waals surface area contributed by atoms with Crippen molar-refractivity contribution in [3.8, 4) is 11.3 Å². The highest BCUT2D eigenvalue weighted by Crippen LogP contribution is 2.36. The number of rotatable bonds is 5. The van der Waals surface area contributed by atoms with Crippen molar-refractivity contribution in [1.82, 2.24) is 4.90 Å². The Labute approximate surface area is 182 Å². The predicted molar refractivity (Wildman–Crippen MR) is 118 cm³/mol. The first-order valence-corrected chi connectivity index (χ1v) is 10.3.